The molecule has 160 valence electrons. The van der Waals surface area contributed by atoms with Crippen LogP contribution in [0.4, 0.5) is 0 Å². The van der Waals surface area contributed by atoms with Crippen molar-refractivity contribution >= 4 is 17.7 Å². The molecule has 3 heterocycles. The van der Waals surface area contributed by atoms with Gasteiger partial charge in [0.25, 0.3) is 5.91 Å². The van der Waals surface area contributed by atoms with E-state index >= 15 is 0 Å². The van der Waals surface area contributed by atoms with Crippen LogP contribution < -0.4 is 16.0 Å². The van der Waals surface area contributed by atoms with Crippen LogP contribution in [0.5, 0.6) is 0 Å². The summed E-state index contributed by atoms with van der Waals surface area (Å²) in [6.07, 6.45) is 7.11. The van der Waals surface area contributed by atoms with E-state index < -0.39 is 6.04 Å². The maximum atomic E-state index is 13.0. The molecular weight excluding hydrogens is 380 g/mol. The highest BCUT2D eigenvalue weighted by atomic mass is 16.2. The third-order valence-corrected chi connectivity index (χ3v) is 7.64. The molecule has 3 atom stereocenters. The molecule has 7 heteroatoms. The monoisotopic (exact) mass is 410 g/mol. The number of rotatable bonds is 5. The number of carbonyl (C=O) groups excluding carboxylic acids is 3. The number of imide groups is 1. The zero-order valence-electron chi connectivity index (χ0n) is 17.3. The van der Waals surface area contributed by atoms with Gasteiger partial charge in [-0.1, -0.05) is 25.0 Å². The number of benzene rings is 1. The molecule has 7 nitrogen and oxygen atoms in total. The molecule has 0 radical (unpaired) electrons. The van der Waals surface area contributed by atoms with Crippen molar-refractivity contribution in [1.82, 2.24) is 20.9 Å². The first kappa shape index (κ1) is 19.7. The minimum atomic E-state index is -0.560. The van der Waals surface area contributed by atoms with E-state index in [0.29, 0.717) is 30.0 Å². The zero-order chi connectivity index (χ0) is 20.7. The van der Waals surface area contributed by atoms with Crippen LogP contribution >= 0.6 is 0 Å². The summed E-state index contributed by atoms with van der Waals surface area (Å²) in [4.78, 5) is 38.4. The third-order valence-electron chi connectivity index (χ3n) is 7.64. The van der Waals surface area contributed by atoms with Crippen LogP contribution in [0.25, 0.3) is 0 Å². The second-order valence-electron chi connectivity index (χ2n) is 9.31. The molecule has 1 saturated carbocycles. The Morgan fingerprint density at radius 1 is 1.13 bits per heavy atom. The lowest BCUT2D eigenvalue weighted by atomic mass is 9.70. The number of amides is 3. The highest BCUT2D eigenvalue weighted by Crippen LogP contribution is 2.42. The van der Waals surface area contributed by atoms with Crippen molar-refractivity contribution in [3.8, 4) is 0 Å². The molecule has 0 spiro atoms. The average molecular weight is 411 g/mol. The smallest absolute Gasteiger partial charge is 0.255 e. The van der Waals surface area contributed by atoms with Crippen molar-refractivity contribution in [3.63, 3.8) is 0 Å². The Morgan fingerprint density at radius 2 is 2.03 bits per heavy atom. The van der Waals surface area contributed by atoms with Gasteiger partial charge in [-0.3, -0.25) is 19.7 Å². The predicted molar refractivity (Wildman–Crippen MR) is 112 cm³/mol. The van der Waals surface area contributed by atoms with Crippen LogP contribution in [0.15, 0.2) is 18.2 Å². The van der Waals surface area contributed by atoms with Gasteiger partial charge in [0.2, 0.25) is 11.8 Å². The fraction of sp³-hybridized carbons (Fsp3) is 0.609. The van der Waals surface area contributed by atoms with Crippen molar-refractivity contribution in [3.05, 3.63) is 34.9 Å². The summed E-state index contributed by atoms with van der Waals surface area (Å²) in [6.45, 7) is 3.28. The third kappa shape index (κ3) is 3.34. The second kappa shape index (κ2) is 7.78. The number of hydrogen-bond donors (Lipinski definition) is 3. The fourth-order valence-corrected chi connectivity index (χ4v) is 5.98. The Hall–Kier alpha value is -2.25. The topological polar surface area (TPSA) is 90.5 Å². The number of carbonyl (C=O) groups is 3. The summed E-state index contributed by atoms with van der Waals surface area (Å²) in [5.41, 5.74) is 3.20. The Kier molecular flexibility index (Phi) is 5.11. The van der Waals surface area contributed by atoms with E-state index in [2.05, 4.69) is 22.0 Å². The SMILES string of the molecule is O=C1CCC(N2Cc3c(CNCC45CCCCC4NCC5)cccc3C2=O)C(=O)N1. The van der Waals surface area contributed by atoms with E-state index in [1.165, 1.54) is 32.1 Å². The quantitative estimate of drug-likeness (QED) is 0.640. The van der Waals surface area contributed by atoms with Crippen LogP contribution in [-0.4, -0.2) is 47.8 Å². The van der Waals surface area contributed by atoms with Gasteiger partial charge in [0, 0.05) is 37.7 Å². The zero-order valence-corrected chi connectivity index (χ0v) is 17.3. The normalized spacial score (nSPS) is 30.9. The minimum absolute atomic E-state index is 0.104. The highest BCUT2D eigenvalue weighted by molar-refractivity contribution is 6.05. The van der Waals surface area contributed by atoms with Crippen LogP contribution in [0.1, 0.15) is 66.4 Å². The summed E-state index contributed by atoms with van der Waals surface area (Å²) in [5.74, 6) is -0.720. The predicted octanol–water partition coefficient (Wildman–Crippen LogP) is 1.46. The molecule has 3 unspecified atom stereocenters. The number of nitrogens with one attached hydrogen (secondary N) is 3. The molecule has 0 aromatic heterocycles. The van der Waals surface area contributed by atoms with Gasteiger partial charge in [0.15, 0.2) is 0 Å². The number of nitrogens with zero attached hydrogens (tertiary/aromatic N) is 1. The summed E-state index contributed by atoms with van der Waals surface area (Å²) in [6, 6.07) is 5.93. The summed E-state index contributed by atoms with van der Waals surface area (Å²) in [5, 5.41) is 9.75. The van der Waals surface area contributed by atoms with Gasteiger partial charge < -0.3 is 15.5 Å². The number of hydrogen-bond acceptors (Lipinski definition) is 5. The van der Waals surface area contributed by atoms with Crippen LogP contribution in [0, 0.1) is 5.41 Å². The molecule has 30 heavy (non-hydrogen) atoms. The van der Waals surface area contributed by atoms with E-state index in [4.69, 9.17) is 0 Å². The number of piperidine rings is 1. The van der Waals surface area contributed by atoms with Crippen LogP contribution in [0.2, 0.25) is 0 Å². The molecular formula is C23H30N4O3. The maximum absolute atomic E-state index is 13.0. The average Bonchev–Trinajstić information content (AvgIpc) is 3.30. The van der Waals surface area contributed by atoms with E-state index in [0.717, 1.165) is 30.8 Å². The summed E-state index contributed by atoms with van der Waals surface area (Å²) in [7, 11) is 0. The lowest BCUT2D eigenvalue weighted by molar-refractivity contribution is -0.136. The molecule has 4 aliphatic rings. The van der Waals surface area contributed by atoms with E-state index in [-0.39, 0.29) is 24.1 Å². The van der Waals surface area contributed by atoms with Gasteiger partial charge in [0.05, 0.1) is 0 Å². The Labute approximate surface area is 177 Å². The first-order valence-corrected chi connectivity index (χ1v) is 11.3. The van der Waals surface area contributed by atoms with Gasteiger partial charge in [-0.25, -0.2) is 0 Å². The second-order valence-corrected chi connectivity index (χ2v) is 9.31. The van der Waals surface area contributed by atoms with Crippen LogP contribution in [-0.2, 0) is 22.7 Å². The summed E-state index contributed by atoms with van der Waals surface area (Å²) < 4.78 is 0. The van der Waals surface area contributed by atoms with E-state index in [1.54, 1.807) is 4.90 Å². The summed E-state index contributed by atoms with van der Waals surface area (Å²) >= 11 is 0. The van der Waals surface area contributed by atoms with Crippen molar-refractivity contribution < 1.29 is 14.4 Å². The van der Waals surface area contributed by atoms with Gasteiger partial charge in [-0.05, 0) is 54.8 Å². The van der Waals surface area contributed by atoms with E-state index in [1.807, 2.05) is 12.1 Å². The van der Waals surface area contributed by atoms with E-state index in [9.17, 15) is 14.4 Å². The molecule has 1 aliphatic carbocycles. The molecule has 2 saturated heterocycles. The molecule has 5 rings (SSSR count). The first-order chi connectivity index (χ1) is 14.6. The van der Waals surface area contributed by atoms with Gasteiger partial charge in [0.1, 0.15) is 6.04 Å². The molecule has 3 aliphatic heterocycles. The largest absolute Gasteiger partial charge is 0.322 e. The van der Waals surface area contributed by atoms with Gasteiger partial charge >= 0.3 is 0 Å². The van der Waals surface area contributed by atoms with Crippen LogP contribution in [0.3, 0.4) is 0 Å². The molecule has 3 fully saturated rings. The molecule has 0 bridgehead atoms. The maximum Gasteiger partial charge on any atom is 0.255 e. The van der Waals surface area contributed by atoms with Gasteiger partial charge in [-0.2, -0.15) is 0 Å². The fourth-order valence-electron chi connectivity index (χ4n) is 5.98. The first-order valence-electron chi connectivity index (χ1n) is 11.3. The van der Waals surface area contributed by atoms with Crippen molar-refractivity contribution in [2.45, 2.75) is 70.1 Å². The standard InChI is InChI=1S/C23H30N4O3/c28-20-8-7-18(21(29)26-20)27-13-17-15(4-3-5-16(17)22(27)30)12-24-14-23-9-2-1-6-19(23)25-11-10-23/h3-5,18-19,24-25H,1-2,6-14H2,(H,26,28,29). The minimum Gasteiger partial charge on any atom is -0.322 e. The Bertz CT molecular complexity index is 885. The highest BCUT2D eigenvalue weighted by Gasteiger charge is 2.44. The number of fused-ring (bicyclic) bond motifs is 2. The van der Waals surface area contributed by atoms with Crippen molar-refractivity contribution in [1.29, 1.82) is 0 Å². The Balaban J connectivity index is 1.28. The molecule has 3 N–H and O–H groups in total. The lowest BCUT2D eigenvalue weighted by Gasteiger charge is -2.39. The Morgan fingerprint density at radius 3 is 2.90 bits per heavy atom. The molecule has 3 amide bonds. The molecule has 1 aromatic carbocycles. The van der Waals surface area contributed by atoms with Crippen molar-refractivity contribution in [2.75, 3.05) is 13.1 Å². The van der Waals surface area contributed by atoms with Gasteiger partial charge in [-0.15, -0.1) is 0 Å². The lowest BCUT2D eigenvalue weighted by Crippen LogP contribution is -2.52. The van der Waals surface area contributed by atoms with Crippen molar-refractivity contribution in [2.24, 2.45) is 5.41 Å². The molecule has 1 aromatic rings.